The molecule has 1 aliphatic rings. The van der Waals surface area contributed by atoms with Crippen molar-refractivity contribution in [1.82, 2.24) is 5.32 Å². The third-order valence-corrected chi connectivity index (χ3v) is 4.43. The molecular formula is C15H20N2OS. The summed E-state index contributed by atoms with van der Waals surface area (Å²) in [7, 11) is 0. The number of thioether (sulfide) groups is 1. The highest BCUT2D eigenvalue weighted by Gasteiger charge is 2.29. The summed E-state index contributed by atoms with van der Waals surface area (Å²) in [6.45, 7) is 7.53. The summed E-state index contributed by atoms with van der Waals surface area (Å²) in [6, 6.07) is 7.92. The predicted octanol–water partition coefficient (Wildman–Crippen LogP) is 2.76. The molecule has 1 aromatic carbocycles. The fraction of sp³-hybridized carbons (Fsp3) is 0.400. The van der Waals surface area contributed by atoms with Gasteiger partial charge < -0.3 is 10.6 Å². The molecule has 0 radical (unpaired) electrons. The number of para-hydroxylation sites is 1. The molecule has 0 aromatic heterocycles. The van der Waals surface area contributed by atoms with Gasteiger partial charge in [0.1, 0.15) is 0 Å². The quantitative estimate of drug-likeness (QED) is 0.642. The molecule has 1 aromatic rings. The molecule has 1 fully saturated rings. The molecule has 1 aliphatic heterocycles. The predicted molar refractivity (Wildman–Crippen MR) is 81.5 cm³/mol. The third kappa shape index (κ3) is 3.61. The average molecular weight is 276 g/mol. The van der Waals surface area contributed by atoms with Crippen molar-refractivity contribution in [2.24, 2.45) is 11.8 Å². The van der Waals surface area contributed by atoms with E-state index in [0.717, 1.165) is 29.4 Å². The largest absolute Gasteiger partial charge is 0.325 e. The minimum absolute atomic E-state index is 0.0671. The Morgan fingerprint density at radius 2 is 2.32 bits per heavy atom. The first-order valence-corrected chi connectivity index (χ1v) is 7.55. The highest BCUT2D eigenvalue weighted by Crippen LogP contribution is 2.28. The van der Waals surface area contributed by atoms with Gasteiger partial charge in [-0.3, -0.25) is 4.79 Å². The first kappa shape index (κ1) is 14.2. The minimum atomic E-state index is 0.0671. The fourth-order valence-corrected chi connectivity index (χ4v) is 2.98. The zero-order chi connectivity index (χ0) is 13.7. The van der Waals surface area contributed by atoms with E-state index in [1.54, 1.807) is 11.8 Å². The summed E-state index contributed by atoms with van der Waals surface area (Å²) >= 11 is 1.68. The van der Waals surface area contributed by atoms with Gasteiger partial charge in [0.15, 0.2) is 0 Å². The molecule has 3 nitrogen and oxygen atoms in total. The zero-order valence-corrected chi connectivity index (χ0v) is 12.0. The van der Waals surface area contributed by atoms with Crippen LogP contribution < -0.4 is 10.6 Å². The van der Waals surface area contributed by atoms with Crippen molar-refractivity contribution in [2.45, 2.75) is 11.8 Å². The summed E-state index contributed by atoms with van der Waals surface area (Å²) in [6.07, 6.45) is 1.87. The summed E-state index contributed by atoms with van der Waals surface area (Å²) in [5.41, 5.74) is 0.901. The van der Waals surface area contributed by atoms with Crippen LogP contribution in [0.3, 0.4) is 0 Å². The van der Waals surface area contributed by atoms with Crippen molar-refractivity contribution in [1.29, 1.82) is 0 Å². The van der Waals surface area contributed by atoms with Crippen LogP contribution in [0.2, 0.25) is 0 Å². The Hall–Kier alpha value is -1.26. The molecule has 2 rings (SSSR count). The number of carbonyl (C=O) groups excluding carboxylic acids is 1. The lowest BCUT2D eigenvalue weighted by molar-refractivity contribution is -0.120. The van der Waals surface area contributed by atoms with E-state index in [0.29, 0.717) is 5.92 Å². The van der Waals surface area contributed by atoms with Crippen molar-refractivity contribution in [2.75, 3.05) is 24.2 Å². The normalized spacial score (nSPS) is 22.2. The molecule has 1 heterocycles. The molecule has 2 unspecified atom stereocenters. The Bertz CT molecular complexity index is 461. The van der Waals surface area contributed by atoms with E-state index in [9.17, 15) is 4.79 Å². The number of anilines is 1. The van der Waals surface area contributed by atoms with Crippen LogP contribution in [0.15, 0.2) is 41.8 Å². The lowest BCUT2D eigenvalue weighted by Crippen LogP contribution is -2.28. The highest BCUT2D eigenvalue weighted by atomic mass is 32.2. The van der Waals surface area contributed by atoms with Crippen LogP contribution in [0.4, 0.5) is 5.69 Å². The fourth-order valence-electron chi connectivity index (χ4n) is 2.23. The molecule has 19 heavy (non-hydrogen) atoms. The number of amides is 1. The first-order valence-electron chi connectivity index (χ1n) is 6.56. The van der Waals surface area contributed by atoms with E-state index in [-0.39, 0.29) is 11.8 Å². The van der Waals surface area contributed by atoms with Gasteiger partial charge >= 0.3 is 0 Å². The minimum Gasteiger partial charge on any atom is -0.325 e. The monoisotopic (exact) mass is 276 g/mol. The van der Waals surface area contributed by atoms with Crippen LogP contribution in [-0.2, 0) is 4.79 Å². The van der Waals surface area contributed by atoms with Crippen LogP contribution in [0.25, 0.3) is 0 Å². The van der Waals surface area contributed by atoms with E-state index in [4.69, 9.17) is 0 Å². The van der Waals surface area contributed by atoms with E-state index in [1.807, 2.05) is 30.3 Å². The van der Waals surface area contributed by atoms with Crippen LogP contribution in [0, 0.1) is 11.8 Å². The van der Waals surface area contributed by atoms with E-state index < -0.39 is 0 Å². The van der Waals surface area contributed by atoms with Gasteiger partial charge in [-0.25, -0.2) is 0 Å². The zero-order valence-electron chi connectivity index (χ0n) is 11.2. The number of benzene rings is 1. The smallest absolute Gasteiger partial charge is 0.229 e. The Morgan fingerprint density at radius 3 is 3.00 bits per heavy atom. The van der Waals surface area contributed by atoms with Crippen molar-refractivity contribution < 1.29 is 4.79 Å². The maximum absolute atomic E-state index is 12.3. The Morgan fingerprint density at radius 1 is 1.53 bits per heavy atom. The van der Waals surface area contributed by atoms with Gasteiger partial charge in [0.25, 0.3) is 0 Å². The maximum atomic E-state index is 12.3. The van der Waals surface area contributed by atoms with Crippen LogP contribution in [0.5, 0.6) is 0 Å². The van der Waals surface area contributed by atoms with Crippen molar-refractivity contribution >= 4 is 23.4 Å². The molecule has 0 spiro atoms. The van der Waals surface area contributed by atoms with Crippen LogP contribution in [-0.4, -0.2) is 24.7 Å². The summed E-state index contributed by atoms with van der Waals surface area (Å²) < 4.78 is 0. The Kier molecular flexibility index (Phi) is 5.05. The lowest BCUT2D eigenvalue weighted by atomic mass is 9.97. The van der Waals surface area contributed by atoms with E-state index >= 15 is 0 Å². The van der Waals surface area contributed by atoms with Crippen LogP contribution >= 0.6 is 11.8 Å². The second-order valence-corrected chi connectivity index (χ2v) is 5.89. The molecule has 0 aliphatic carbocycles. The van der Waals surface area contributed by atoms with E-state index in [1.165, 1.54) is 0 Å². The van der Waals surface area contributed by atoms with Gasteiger partial charge in [0, 0.05) is 17.2 Å². The molecule has 0 saturated carbocycles. The number of hydrogen-bond donors (Lipinski definition) is 2. The van der Waals surface area contributed by atoms with Gasteiger partial charge in [0.2, 0.25) is 5.91 Å². The Labute approximate surface area is 118 Å². The molecule has 102 valence electrons. The number of nitrogens with one attached hydrogen (secondary N) is 2. The SMILES string of the molecule is C=CCSc1ccccc1NC(=O)C1CNCC1C. The number of carbonyl (C=O) groups is 1. The van der Waals surface area contributed by atoms with Crippen molar-refractivity contribution in [3.63, 3.8) is 0 Å². The summed E-state index contributed by atoms with van der Waals surface area (Å²) in [5.74, 6) is 1.42. The van der Waals surface area contributed by atoms with Gasteiger partial charge in [-0.1, -0.05) is 25.1 Å². The van der Waals surface area contributed by atoms with Gasteiger partial charge in [0.05, 0.1) is 11.6 Å². The molecular weight excluding hydrogens is 256 g/mol. The second-order valence-electron chi connectivity index (χ2n) is 4.83. The number of hydrogen-bond acceptors (Lipinski definition) is 3. The molecule has 2 N–H and O–H groups in total. The molecule has 1 saturated heterocycles. The summed E-state index contributed by atoms with van der Waals surface area (Å²) in [4.78, 5) is 13.4. The third-order valence-electron chi connectivity index (χ3n) is 3.36. The second kappa shape index (κ2) is 6.78. The average Bonchev–Trinajstić information content (AvgIpc) is 2.84. The number of rotatable bonds is 5. The molecule has 4 heteroatoms. The maximum Gasteiger partial charge on any atom is 0.229 e. The van der Waals surface area contributed by atoms with Crippen molar-refractivity contribution in [3.8, 4) is 0 Å². The van der Waals surface area contributed by atoms with Crippen LogP contribution in [0.1, 0.15) is 6.92 Å². The van der Waals surface area contributed by atoms with Gasteiger partial charge in [-0.15, -0.1) is 18.3 Å². The lowest BCUT2D eigenvalue weighted by Gasteiger charge is -2.16. The molecule has 2 atom stereocenters. The summed E-state index contributed by atoms with van der Waals surface area (Å²) in [5, 5.41) is 6.32. The first-order chi connectivity index (χ1) is 9.22. The van der Waals surface area contributed by atoms with Gasteiger partial charge in [-0.05, 0) is 24.6 Å². The van der Waals surface area contributed by atoms with E-state index in [2.05, 4.69) is 24.1 Å². The molecule has 1 amide bonds. The van der Waals surface area contributed by atoms with Gasteiger partial charge in [-0.2, -0.15) is 0 Å². The highest BCUT2D eigenvalue weighted by molar-refractivity contribution is 7.99. The topological polar surface area (TPSA) is 41.1 Å². The molecule has 0 bridgehead atoms. The Balaban J connectivity index is 2.05. The van der Waals surface area contributed by atoms with Crippen molar-refractivity contribution in [3.05, 3.63) is 36.9 Å². The standard InChI is InChI=1S/C15H20N2OS/c1-3-8-19-14-7-5-4-6-13(14)17-15(18)12-10-16-9-11(12)2/h3-7,11-12,16H,1,8-10H2,2H3,(H,17,18).